The van der Waals surface area contributed by atoms with E-state index in [9.17, 15) is 0 Å². The second kappa shape index (κ2) is 5.86. The van der Waals surface area contributed by atoms with Gasteiger partial charge in [0.2, 0.25) is 0 Å². The Morgan fingerprint density at radius 3 is 2.12 bits per heavy atom. The zero-order chi connectivity index (χ0) is 13.0. The lowest BCUT2D eigenvalue weighted by atomic mass is 10.1. The van der Waals surface area contributed by atoms with Crippen LogP contribution in [0.4, 0.5) is 0 Å². The fraction of sp³-hybridized carbons (Fsp3) is 0.846. The first kappa shape index (κ1) is 15.7. The molecule has 0 aromatic carbocycles. The topological polar surface area (TPSA) is 18.5 Å². The van der Waals surface area contributed by atoms with Crippen molar-refractivity contribution in [2.75, 3.05) is 13.7 Å². The lowest BCUT2D eigenvalue weighted by Gasteiger charge is -2.37. The Morgan fingerprint density at radius 2 is 1.81 bits per heavy atom. The summed E-state index contributed by atoms with van der Waals surface area (Å²) in [5.41, 5.74) is 0. The molecule has 0 amide bonds. The van der Waals surface area contributed by atoms with Gasteiger partial charge in [0.05, 0.1) is 0 Å². The van der Waals surface area contributed by atoms with Gasteiger partial charge in [-0.05, 0) is 18.1 Å². The molecule has 0 aromatic rings. The van der Waals surface area contributed by atoms with Crippen LogP contribution in [-0.4, -0.2) is 28.1 Å². The van der Waals surface area contributed by atoms with Crippen molar-refractivity contribution in [2.24, 2.45) is 5.92 Å². The minimum absolute atomic E-state index is 0.148. The number of methoxy groups -OCH3 is 1. The molecule has 0 N–H and O–H groups in total. The monoisotopic (exact) mass is 242 g/mol. The van der Waals surface area contributed by atoms with E-state index in [-0.39, 0.29) is 17.1 Å². The molecule has 0 fully saturated rings. The zero-order valence-electron chi connectivity index (χ0n) is 11.8. The van der Waals surface area contributed by atoms with Crippen molar-refractivity contribution in [3.05, 3.63) is 0 Å². The van der Waals surface area contributed by atoms with Gasteiger partial charge < -0.3 is 9.16 Å². The maximum atomic E-state index is 6.10. The van der Waals surface area contributed by atoms with Gasteiger partial charge in [-0.3, -0.25) is 0 Å². The van der Waals surface area contributed by atoms with Crippen molar-refractivity contribution in [3.8, 4) is 12.3 Å². The highest BCUT2D eigenvalue weighted by Crippen LogP contribution is 2.36. The Balaban J connectivity index is 4.31. The fourth-order valence-electron chi connectivity index (χ4n) is 1.11. The number of rotatable bonds is 5. The molecular formula is C13H26O2Si. The van der Waals surface area contributed by atoms with Gasteiger partial charge in [-0.25, -0.2) is 0 Å². The van der Waals surface area contributed by atoms with Gasteiger partial charge in [-0.15, -0.1) is 6.42 Å². The van der Waals surface area contributed by atoms with E-state index in [0.29, 0.717) is 6.61 Å². The van der Waals surface area contributed by atoms with Crippen LogP contribution < -0.4 is 0 Å². The Labute approximate surface area is 102 Å². The maximum Gasteiger partial charge on any atom is 0.191 e. The van der Waals surface area contributed by atoms with E-state index in [0.717, 1.165) is 0 Å². The molecule has 0 aliphatic rings. The van der Waals surface area contributed by atoms with E-state index in [1.165, 1.54) is 0 Å². The van der Waals surface area contributed by atoms with Crippen molar-refractivity contribution in [1.29, 1.82) is 0 Å². The molecule has 0 rings (SSSR count). The third kappa shape index (κ3) is 4.29. The number of terminal acetylenes is 1. The molecular weight excluding hydrogens is 216 g/mol. The van der Waals surface area contributed by atoms with Crippen LogP contribution in [-0.2, 0) is 9.16 Å². The van der Waals surface area contributed by atoms with Crippen LogP contribution in [0.2, 0.25) is 18.1 Å². The maximum absolute atomic E-state index is 6.10. The molecule has 0 saturated heterocycles. The molecule has 0 saturated carbocycles. The first-order chi connectivity index (χ1) is 7.15. The first-order valence-corrected chi connectivity index (χ1v) is 8.69. The Bertz CT molecular complexity index is 248. The molecule has 0 aromatic heterocycles. The molecule has 0 radical (unpaired) electrons. The second-order valence-corrected chi connectivity index (χ2v) is 10.7. The predicted molar refractivity (Wildman–Crippen MR) is 71.9 cm³/mol. The minimum Gasteiger partial charge on any atom is -0.416 e. The molecule has 2 atom stereocenters. The van der Waals surface area contributed by atoms with Crippen LogP contribution in [0.3, 0.4) is 0 Å². The molecule has 0 bridgehead atoms. The lowest BCUT2D eigenvalue weighted by Crippen LogP contribution is -2.42. The molecule has 3 heteroatoms. The van der Waals surface area contributed by atoms with Crippen molar-refractivity contribution in [1.82, 2.24) is 0 Å². The van der Waals surface area contributed by atoms with Gasteiger partial charge in [-0.1, -0.05) is 33.6 Å². The van der Waals surface area contributed by atoms with Crippen molar-refractivity contribution >= 4 is 8.32 Å². The van der Waals surface area contributed by atoms with Gasteiger partial charge in [0.25, 0.3) is 0 Å². The highest BCUT2D eigenvalue weighted by Gasteiger charge is 2.37. The largest absolute Gasteiger partial charge is 0.416 e. The summed E-state index contributed by atoms with van der Waals surface area (Å²) >= 11 is 0. The molecule has 0 unspecified atom stereocenters. The third-order valence-corrected chi connectivity index (χ3v) is 7.95. The van der Waals surface area contributed by atoms with E-state index in [4.69, 9.17) is 15.6 Å². The average molecular weight is 242 g/mol. The molecule has 0 aliphatic heterocycles. The van der Waals surface area contributed by atoms with Crippen LogP contribution >= 0.6 is 0 Å². The van der Waals surface area contributed by atoms with E-state index in [1.807, 2.05) is 0 Å². The van der Waals surface area contributed by atoms with Gasteiger partial charge in [0.15, 0.2) is 8.32 Å². The summed E-state index contributed by atoms with van der Waals surface area (Å²) in [5.74, 6) is 2.88. The van der Waals surface area contributed by atoms with Gasteiger partial charge >= 0.3 is 0 Å². The van der Waals surface area contributed by atoms with Gasteiger partial charge in [-0.2, -0.15) is 0 Å². The first-order valence-electron chi connectivity index (χ1n) is 5.78. The van der Waals surface area contributed by atoms with Crippen LogP contribution in [0, 0.1) is 18.3 Å². The number of hydrogen-bond donors (Lipinski definition) is 0. The summed E-state index contributed by atoms with van der Waals surface area (Å²) in [7, 11) is -0.0170. The van der Waals surface area contributed by atoms with E-state index < -0.39 is 8.32 Å². The van der Waals surface area contributed by atoms with Crippen molar-refractivity contribution < 1.29 is 9.16 Å². The van der Waals surface area contributed by atoms with E-state index >= 15 is 0 Å². The van der Waals surface area contributed by atoms with Crippen LogP contribution in [0.15, 0.2) is 0 Å². The Hall–Kier alpha value is -0.303. The molecule has 0 spiro atoms. The SMILES string of the molecule is C#C[C@@H](OC)[C@H](C)CO[Si](C)(C)C(C)(C)C. The highest BCUT2D eigenvalue weighted by atomic mass is 28.4. The zero-order valence-corrected chi connectivity index (χ0v) is 12.8. The van der Waals surface area contributed by atoms with Crippen LogP contribution in [0.5, 0.6) is 0 Å². The summed E-state index contributed by atoms with van der Waals surface area (Å²) in [4.78, 5) is 0. The van der Waals surface area contributed by atoms with Crippen LogP contribution in [0.1, 0.15) is 27.7 Å². The molecule has 0 heterocycles. The lowest BCUT2D eigenvalue weighted by molar-refractivity contribution is 0.0756. The molecule has 16 heavy (non-hydrogen) atoms. The highest BCUT2D eigenvalue weighted by molar-refractivity contribution is 6.74. The second-order valence-electron chi connectivity index (χ2n) is 5.87. The standard InChI is InChI=1S/C13H26O2Si/c1-9-12(14-6)11(2)10-15-16(7,8)13(3,4)5/h1,11-12H,10H2,2-8H3/t11-,12-/m1/s1. The Morgan fingerprint density at radius 1 is 1.31 bits per heavy atom. The summed E-state index contributed by atoms with van der Waals surface area (Å²) in [5, 5.41) is 0.241. The smallest absolute Gasteiger partial charge is 0.191 e. The van der Waals surface area contributed by atoms with Crippen molar-refractivity contribution in [2.45, 2.75) is 51.9 Å². The summed E-state index contributed by atoms with van der Waals surface area (Å²) in [6, 6.07) is 0. The normalized spacial score (nSPS) is 16.6. The summed E-state index contributed by atoms with van der Waals surface area (Å²) < 4.78 is 11.3. The van der Waals surface area contributed by atoms with E-state index in [2.05, 4.69) is 46.7 Å². The Kier molecular flexibility index (Phi) is 5.75. The molecule has 2 nitrogen and oxygen atoms in total. The fourth-order valence-corrected chi connectivity index (χ4v) is 2.22. The third-order valence-electron chi connectivity index (χ3n) is 3.45. The average Bonchev–Trinajstić information content (AvgIpc) is 2.15. The van der Waals surface area contributed by atoms with Crippen molar-refractivity contribution in [3.63, 3.8) is 0 Å². The van der Waals surface area contributed by atoms with Gasteiger partial charge in [0.1, 0.15) is 6.10 Å². The molecule has 94 valence electrons. The van der Waals surface area contributed by atoms with Gasteiger partial charge in [0, 0.05) is 19.6 Å². The predicted octanol–water partition coefficient (Wildman–Crippen LogP) is 3.29. The van der Waals surface area contributed by atoms with E-state index in [1.54, 1.807) is 7.11 Å². The quantitative estimate of drug-likeness (QED) is 0.544. The number of hydrogen-bond acceptors (Lipinski definition) is 2. The van der Waals surface area contributed by atoms with Crippen LogP contribution in [0.25, 0.3) is 0 Å². The summed E-state index contributed by atoms with van der Waals surface area (Å²) in [6.45, 7) is 14.0. The minimum atomic E-state index is -1.66. The summed E-state index contributed by atoms with van der Waals surface area (Å²) in [6.07, 6.45) is 5.24. The number of ether oxygens (including phenoxy) is 1. The molecule has 0 aliphatic carbocycles.